The van der Waals surface area contributed by atoms with E-state index in [1.165, 1.54) is 5.56 Å². The Morgan fingerprint density at radius 1 is 1.09 bits per heavy atom. The Hall–Kier alpha value is -2.30. The Morgan fingerprint density at radius 3 is 2.50 bits per heavy atom. The van der Waals surface area contributed by atoms with Gasteiger partial charge < -0.3 is 24.6 Å². The average Bonchev–Trinajstić information content (AvgIpc) is 2.82. The van der Waals surface area contributed by atoms with E-state index in [0.29, 0.717) is 6.61 Å². The first-order valence-corrected chi connectivity index (χ1v) is 11.1. The number of nitrogens with one attached hydrogen (secondary N) is 1. The minimum atomic E-state index is 0. The van der Waals surface area contributed by atoms with Crippen LogP contribution >= 0.6 is 24.0 Å². The second kappa shape index (κ2) is 14.0. The van der Waals surface area contributed by atoms with Crippen LogP contribution in [0.5, 0.6) is 11.5 Å². The molecule has 9 heteroatoms. The van der Waals surface area contributed by atoms with E-state index in [4.69, 9.17) is 14.5 Å². The maximum atomic E-state index is 5.68. The Bertz CT molecular complexity index is 828. The molecule has 1 aliphatic heterocycles. The van der Waals surface area contributed by atoms with Gasteiger partial charge in [-0.15, -0.1) is 24.0 Å². The van der Waals surface area contributed by atoms with Crippen molar-refractivity contribution in [3.8, 4) is 11.5 Å². The molecule has 3 rings (SSSR count). The van der Waals surface area contributed by atoms with Crippen molar-refractivity contribution < 1.29 is 9.47 Å². The summed E-state index contributed by atoms with van der Waals surface area (Å²) in [5, 5.41) is 3.44. The summed E-state index contributed by atoms with van der Waals surface area (Å²) in [6.07, 6.45) is 5.51. The Kier molecular flexibility index (Phi) is 11.3. The number of guanidine groups is 1. The smallest absolute Gasteiger partial charge is 0.225 e. The molecule has 2 aromatic rings. The standard InChI is InChI=1S/C23H34N6O2.HI/c1-4-24-22(28-14-16-29(17-15-28)23-26-12-7-13-27-23)25-11-6-8-19-9-10-20(30-3)21(18-19)31-5-2;/h7,9-10,12-13,18H,4-6,8,11,14-17H2,1-3H3,(H,24,25);1H. The Labute approximate surface area is 208 Å². The molecule has 32 heavy (non-hydrogen) atoms. The maximum Gasteiger partial charge on any atom is 0.225 e. The quantitative estimate of drug-likeness (QED) is 0.221. The molecule has 0 bridgehead atoms. The van der Waals surface area contributed by atoms with Crippen LogP contribution in [0.3, 0.4) is 0 Å². The van der Waals surface area contributed by atoms with Crippen LogP contribution in [-0.2, 0) is 6.42 Å². The second-order valence-electron chi connectivity index (χ2n) is 7.28. The summed E-state index contributed by atoms with van der Waals surface area (Å²) >= 11 is 0. The lowest BCUT2D eigenvalue weighted by Crippen LogP contribution is -2.53. The van der Waals surface area contributed by atoms with Crippen molar-refractivity contribution in [1.29, 1.82) is 0 Å². The number of halogens is 1. The molecule has 1 aromatic heterocycles. The number of piperazine rings is 1. The van der Waals surface area contributed by atoms with E-state index in [9.17, 15) is 0 Å². The van der Waals surface area contributed by atoms with Crippen LogP contribution < -0.4 is 19.7 Å². The van der Waals surface area contributed by atoms with Gasteiger partial charge in [-0.05, 0) is 50.5 Å². The van der Waals surface area contributed by atoms with Crippen molar-refractivity contribution in [3.63, 3.8) is 0 Å². The van der Waals surface area contributed by atoms with Crippen molar-refractivity contribution in [2.75, 3.05) is 57.9 Å². The summed E-state index contributed by atoms with van der Waals surface area (Å²) in [6.45, 7) is 9.94. The van der Waals surface area contributed by atoms with Crippen molar-refractivity contribution >= 4 is 35.9 Å². The fourth-order valence-corrected chi connectivity index (χ4v) is 3.61. The Morgan fingerprint density at radius 2 is 1.84 bits per heavy atom. The number of hydrogen-bond donors (Lipinski definition) is 1. The van der Waals surface area contributed by atoms with Gasteiger partial charge in [-0.2, -0.15) is 0 Å². The second-order valence-corrected chi connectivity index (χ2v) is 7.28. The van der Waals surface area contributed by atoms with Crippen LogP contribution in [0.25, 0.3) is 0 Å². The third-order valence-corrected chi connectivity index (χ3v) is 5.16. The highest BCUT2D eigenvalue weighted by Gasteiger charge is 2.20. The average molecular weight is 554 g/mol. The number of methoxy groups -OCH3 is 1. The van der Waals surface area contributed by atoms with Crippen molar-refractivity contribution in [3.05, 3.63) is 42.2 Å². The molecule has 176 valence electrons. The summed E-state index contributed by atoms with van der Waals surface area (Å²) in [5.74, 6) is 3.37. The van der Waals surface area contributed by atoms with E-state index in [1.807, 2.05) is 19.1 Å². The van der Waals surface area contributed by atoms with Gasteiger partial charge in [0.05, 0.1) is 13.7 Å². The van der Waals surface area contributed by atoms with Crippen molar-refractivity contribution in [2.24, 2.45) is 4.99 Å². The third-order valence-electron chi connectivity index (χ3n) is 5.16. The van der Waals surface area contributed by atoms with Gasteiger partial charge in [0, 0.05) is 51.7 Å². The van der Waals surface area contributed by atoms with E-state index >= 15 is 0 Å². The highest BCUT2D eigenvalue weighted by atomic mass is 127. The molecule has 1 saturated heterocycles. The van der Waals surface area contributed by atoms with E-state index in [-0.39, 0.29) is 24.0 Å². The highest BCUT2D eigenvalue weighted by molar-refractivity contribution is 14.0. The summed E-state index contributed by atoms with van der Waals surface area (Å²) in [6, 6.07) is 7.99. The molecule has 1 aliphatic rings. The lowest BCUT2D eigenvalue weighted by molar-refractivity contribution is 0.310. The lowest BCUT2D eigenvalue weighted by Gasteiger charge is -2.36. The fraction of sp³-hybridized carbons (Fsp3) is 0.522. The monoisotopic (exact) mass is 554 g/mol. The van der Waals surface area contributed by atoms with E-state index in [1.54, 1.807) is 19.5 Å². The highest BCUT2D eigenvalue weighted by Crippen LogP contribution is 2.28. The number of nitrogens with zero attached hydrogens (tertiary/aromatic N) is 5. The molecule has 1 aromatic carbocycles. The van der Waals surface area contributed by atoms with Crippen LogP contribution in [0.4, 0.5) is 5.95 Å². The van der Waals surface area contributed by atoms with Crippen molar-refractivity contribution in [1.82, 2.24) is 20.2 Å². The normalized spacial score (nSPS) is 14.0. The molecular weight excluding hydrogens is 519 g/mol. The van der Waals surface area contributed by atoms with Gasteiger partial charge in [-0.3, -0.25) is 4.99 Å². The van der Waals surface area contributed by atoms with Gasteiger partial charge in [-0.25, -0.2) is 9.97 Å². The largest absolute Gasteiger partial charge is 0.493 e. The van der Waals surface area contributed by atoms with Gasteiger partial charge in [0.15, 0.2) is 17.5 Å². The molecule has 0 unspecified atom stereocenters. The van der Waals surface area contributed by atoms with Crippen LogP contribution in [0.15, 0.2) is 41.7 Å². The zero-order chi connectivity index (χ0) is 21.9. The first-order chi connectivity index (χ1) is 15.2. The molecular formula is C23H35IN6O2. The number of ether oxygens (including phenoxy) is 2. The fourth-order valence-electron chi connectivity index (χ4n) is 3.61. The number of aliphatic imine (C=N–C) groups is 1. The van der Waals surface area contributed by atoms with Crippen molar-refractivity contribution in [2.45, 2.75) is 26.7 Å². The molecule has 0 saturated carbocycles. The predicted octanol–water partition coefficient (Wildman–Crippen LogP) is 3.22. The molecule has 2 heterocycles. The van der Waals surface area contributed by atoms with Gasteiger partial charge in [0.1, 0.15) is 0 Å². The number of aromatic nitrogens is 2. The van der Waals surface area contributed by atoms with Crippen LogP contribution in [-0.4, -0.2) is 73.8 Å². The number of benzene rings is 1. The maximum absolute atomic E-state index is 5.68. The zero-order valence-electron chi connectivity index (χ0n) is 19.3. The zero-order valence-corrected chi connectivity index (χ0v) is 21.6. The first-order valence-electron chi connectivity index (χ1n) is 11.1. The first kappa shape index (κ1) is 26.0. The molecule has 0 amide bonds. The SMILES string of the molecule is CCNC(=NCCCc1ccc(OC)c(OCC)c1)N1CCN(c2ncccn2)CC1.I. The van der Waals surface area contributed by atoms with Crippen LogP contribution in [0.1, 0.15) is 25.8 Å². The third kappa shape index (κ3) is 7.39. The minimum absolute atomic E-state index is 0. The Balaban J connectivity index is 0.00000363. The number of hydrogen-bond acceptors (Lipinski definition) is 6. The van der Waals surface area contributed by atoms with Crippen LogP contribution in [0, 0.1) is 0 Å². The summed E-state index contributed by atoms with van der Waals surface area (Å²) < 4.78 is 11.1. The summed E-state index contributed by atoms with van der Waals surface area (Å²) in [4.78, 5) is 18.1. The van der Waals surface area contributed by atoms with E-state index in [0.717, 1.165) is 75.5 Å². The van der Waals surface area contributed by atoms with E-state index < -0.39 is 0 Å². The number of rotatable bonds is 9. The van der Waals surface area contributed by atoms with Crippen LogP contribution in [0.2, 0.25) is 0 Å². The topological polar surface area (TPSA) is 75.1 Å². The van der Waals surface area contributed by atoms with Gasteiger partial charge in [0.2, 0.25) is 5.95 Å². The van der Waals surface area contributed by atoms with Gasteiger partial charge >= 0.3 is 0 Å². The molecule has 0 spiro atoms. The number of anilines is 1. The van der Waals surface area contributed by atoms with Gasteiger partial charge in [0.25, 0.3) is 0 Å². The minimum Gasteiger partial charge on any atom is -0.493 e. The summed E-state index contributed by atoms with van der Waals surface area (Å²) in [7, 11) is 1.67. The lowest BCUT2D eigenvalue weighted by atomic mass is 10.1. The molecule has 0 atom stereocenters. The summed E-state index contributed by atoms with van der Waals surface area (Å²) in [5.41, 5.74) is 1.24. The van der Waals surface area contributed by atoms with Gasteiger partial charge in [-0.1, -0.05) is 6.07 Å². The number of aryl methyl sites for hydroxylation is 1. The van der Waals surface area contributed by atoms with E-state index in [2.05, 4.69) is 44.1 Å². The molecule has 0 aliphatic carbocycles. The molecule has 1 N–H and O–H groups in total. The molecule has 8 nitrogen and oxygen atoms in total. The molecule has 1 fully saturated rings. The predicted molar refractivity (Wildman–Crippen MR) is 140 cm³/mol. The molecule has 0 radical (unpaired) electrons.